The van der Waals surface area contributed by atoms with E-state index < -0.39 is 11.9 Å². The fraction of sp³-hybridized carbons (Fsp3) is 0.333. The predicted octanol–water partition coefficient (Wildman–Crippen LogP) is 5.46. The molecule has 0 aromatic heterocycles. The Kier molecular flexibility index (Phi) is 10.0. The van der Waals surface area contributed by atoms with Gasteiger partial charge in [0.1, 0.15) is 17.6 Å². The molecule has 190 valence electrons. The van der Waals surface area contributed by atoms with Crippen LogP contribution < -0.4 is 10.1 Å². The molecule has 36 heavy (non-hydrogen) atoms. The highest BCUT2D eigenvalue weighted by Gasteiger charge is 2.31. The molecule has 0 heterocycles. The van der Waals surface area contributed by atoms with Gasteiger partial charge in [0.15, 0.2) is 0 Å². The quantitative estimate of drug-likeness (QED) is 0.343. The first kappa shape index (κ1) is 26.9. The van der Waals surface area contributed by atoms with Crippen LogP contribution in [-0.4, -0.2) is 35.4 Å². The van der Waals surface area contributed by atoms with Gasteiger partial charge in [-0.1, -0.05) is 66.2 Å². The number of aryl methyl sites for hydroxylation is 1. The molecule has 0 unspecified atom stereocenters. The Morgan fingerprint density at radius 1 is 0.944 bits per heavy atom. The van der Waals surface area contributed by atoms with Crippen LogP contribution in [0.1, 0.15) is 43.4 Å². The Morgan fingerprint density at radius 2 is 1.61 bits per heavy atom. The van der Waals surface area contributed by atoms with Crippen LogP contribution in [0.4, 0.5) is 4.39 Å². The summed E-state index contributed by atoms with van der Waals surface area (Å²) in [6.45, 7) is 6.14. The van der Waals surface area contributed by atoms with Crippen molar-refractivity contribution in [1.82, 2.24) is 10.2 Å². The Hall–Kier alpha value is -3.67. The minimum absolute atomic E-state index is 0.00728. The van der Waals surface area contributed by atoms with Crippen LogP contribution in [0.25, 0.3) is 0 Å². The smallest absolute Gasteiger partial charge is 0.243 e. The topological polar surface area (TPSA) is 58.6 Å². The van der Waals surface area contributed by atoms with Gasteiger partial charge in [0.25, 0.3) is 0 Å². The highest BCUT2D eigenvalue weighted by atomic mass is 19.1. The first-order valence-corrected chi connectivity index (χ1v) is 12.4. The van der Waals surface area contributed by atoms with Crippen molar-refractivity contribution in [3.8, 4) is 5.75 Å². The maximum absolute atomic E-state index is 14.6. The lowest BCUT2D eigenvalue weighted by molar-refractivity contribution is -0.141. The number of hydrogen-bond acceptors (Lipinski definition) is 3. The number of amides is 2. The molecule has 3 aromatic carbocycles. The van der Waals surface area contributed by atoms with E-state index in [1.807, 2.05) is 75.4 Å². The van der Waals surface area contributed by atoms with Gasteiger partial charge >= 0.3 is 0 Å². The molecule has 0 fully saturated rings. The molecule has 0 aliphatic heterocycles. The molecule has 0 aliphatic rings. The second-order valence-corrected chi connectivity index (χ2v) is 9.25. The highest BCUT2D eigenvalue weighted by molar-refractivity contribution is 5.88. The van der Waals surface area contributed by atoms with Gasteiger partial charge < -0.3 is 15.0 Å². The number of benzene rings is 3. The molecule has 0 bridgehead atoms. The summed E-state index contributed by atoms with van der Waals surface area (Å²) in [5.74, 6) is -0.129. The Bertz CT molecular complexity index is 1120. The van der Waals surface area contributed by atoms with Crippen molar-refractivity contribution < 1.29 is 18.7 Å². The molecule has 0 aliphatic carbocycles. The fourth-order valence-corrected chi connectivity index (χ4v) is 3.94. The Labute approximate surface area is 213 Å². The van der Waals surface area contributed by atoms with Gasteiger partial charge in [-0.15, -0.1) is 0 Å². The van der Waals surface area contributed by atoms with E-state index in [1.165, 1.54) is 11.0 Å². The molecule has 1 N–H and O–H groups in total. The first-order chi connectivity index (χ1) is 17.3. The summed E-state index contributed by atoms with van der Waals surface area (Å²) in [5.41, 5.74) is 2.44. The monoisotopic (exact) mass is 490 g/mol. The van der Waals surface area contributed by atoms with Crippen LogP contribution in [0.5, 0.6) is 5.75 Å². The van der Waals surface area contributed by atoms with Crippen LogP contribution in [0.3, 0.4) is 0 Å². The summed E-state index contributed by atoms with van der Waals surface area (Å²) in [7, 11) is 0. The molecule has 3 aromatic rings. The van der Waals surface area contributed by atoms with Crippen molar-refractivity contribution in [2.24, 2.45) is 0 Å². The van der Waals surface area contributed by atoms with Crippen molar-refractivity contribution in [3.05, 3.63) is 101 Å². The van der Waals surface area contributed by atoms with E-state index in [4.69, 9.17) is 4.74 Å². The number of hydrogen-bond donors (Lipinski definition) is 1. The lowest BCUT2D eigenvalue weighted by atomic mass is 10.0. The molecule has 0 saturated heterocycles. The molecular weight excluding hydrogens is 455 g/mol. The third kappa shape index (κ3) is 8.22. The number of nitrogens with zero attached hydrogens (tertiary/aromatic N) is 1. The summed E-state index contributed by atoms with van der Waals surface area (Å²) >= 11 is 0. The van der Waals surface area contributed by atoms with Crippen LogP contribution >= 0.6 is 0 Å². The van der Waals surface area contributed by atoms with Crippen molar-refractivity contribution in [2.75, 3.05) is 6.61 Å². The zero-order chi connectivity index (χ0) is 25.9. The van der Waals surface area contributed by atoms with E-state index in [-0.39, 0.29) is 30.8 Å². The molecule has 6 heteroatoms. The largest absolute Gasteiger partial charge is 0.494 e. The summed E-state index contributed by atoms with van der Waals surface area (Å²) in [6, 6.07) is 22.8. The lowest BCUT2D eigenvalue weighted by Gasteiger charge is -2.32. The summed E-state index contributed by atoms with van der Waals surface area (Å²) < 4.78 is 20.4. The molecule has 1 atom stereocenters. The maximum Gasteiger partial charge on any atom is 0.243 e. The summed E-state index contributed by atoms with van der Waals surface area (Å²) in [6.07, 6.45) is 0.990. The van der Waals surface area contributed by atoms with Gasteiger partial charge in [0.2, 0.25) is 11.8 Å². The van der Waals surface area contributed by atoms with Gasteiger partial charge in [-0.25, -0.2) is 4.39 Å². The van der Waals surface area contributed by atoms with E-state index in [1.54, 1.807) is 18.2 Å². The van der Waals surface area contributed by atoms with Crippen LogP contribution in [0.2, 0.25) is 0 Å². The maximum atomic E-state index is 14.6. The van der Waals surface area contributed by atoms with Crippen LogP contribution in [0.15, 0.2) is 78.9 Å². The van der Waals surface area contributed by atoms with E-state index >= 15 is 0 Å². The third-order valence-corrected chi connectivity index (χ3v) is 5.83. The Balaban J connectivity index is 1.79. The molecule has 0 spiro atoms. The summed E-state index contributed by atoms with van der Waals surface area (Å²) in [5, 5.41) is 2.94. The first-order valence-electron chi connectivity index (χ1n) is 12.4. The number of carbonyl (C=O) groups is 2. The van der Waals surface area contributed by atoms with Gasteiger partial charge in [-0.2, -0.15) is 0 Å². The molecule has 0 saturated carbocycles. The molecule has 0 radical (unpaired) electrons. The van der Waals surface area contributed by atoms with E-state index in [0.717, 1.165) is 16.9 Å². The Morgan fingerprint density at radius 3 is 2.28 bits per heavy atom. The predicted molar refractivity (Wildman–Crippen MR) is 140 cm³/mol. The van der Waals surface area contributed by atoms with Crippen molar-refractivity contribution >= 4 is 11.8 Å². The molecular formula is C30H35FN2O3. The van der Waals surface area contributed by atoms with Gasteiger partial charge in [-0.3, -0.25) is 9.59 Å². The third-order valence-electron chi connectivity index (χ3n) is 5.83. The van der Waals surface area contributed by atoms with E-state index in [9.17, 15) is 14.0 Å². The minimum atomic E-state index is -0.778. The van der Waals surface area contributed by atoms with E-state index in [0.29, 0.717) is 25.0 Å². The number of halogens is 1. The van der Waals surface area contributed by atoms with Gasteiger partial charge in [0.05, 0.1) is 6.61 Å². The zero-order valence-corrected chi connectivity index (χ0v) is 21.2. The summed E-state index contributed by atoms with van der Waals surface area (Å²) in [4.78, 5) is 28.3. The van der Waals surface area contributed by atoms with Gasteiger partial charge in [-0.05, 0) is 51.0 Å². The average Bonchev–Trinajstić information content (AvgIpc) is 2.86. The number of ether oxygens (including phenoxy) is 1. The van der Waals surface area contributed by atoms with Gasteiger partial charge in [0, 0.05) is 31.0 Å². The standard InChI is InChI=1S/C30H35FN2O3/c1-22(2)32-30(35)28(20-24-10-5-4-6-11-24)33(21-25-12-7-8-13-27(25)31)29(34)14-9-19-36-26-17-15-23(3)16-18-26/h4-8,10-13,15-18,22,28H,9,14,19-21H2,1-3H3,(H,32,35)/t28-/m0/s1. The number of rotatable bonds is 12. The minimum Gasteiger partial charge on any atom is -0.494 e. The van der Waals surface area contributed by atoms with Crippen LogP contribution in [-0.2, 0) is 22.6 Å². The second-order valence-electron chi connectivity index (χ2n) is 9.25. The lowest BCUT2D eigenvalue weighted by Crippen LogP contribution is -2.51. The second kappa shape index (κ2) is 13.4. The SMILES string of the molecule is Cc1ccc(OCCCC(=O)N(Cc2ccccc2F)[C@@H](Cc2ccccc2)C(=O)NC(C)C)cc1. The van der Waals surface area contributed by atoms with Crippen molar-refractivity contribution in [3.63, 3.8) is 0 Å². The van der Waals surface area contributed by atoms with Crippen molar-refractivity contribution in [2.45, 2.75) is 58.7 Å². The van der Waals surface area contributed by atoms with E-state index in [2.05, 4.69) is 5.32 Å². The zero-order valence-electron chi connectivity index (χ0n) is 21.2. The fourth-order valence-electron chi connectivity index (χ4n) is 3.94. The normalized spacial score (nSPS) is 11.7. The highest BCUT2D eigenvalue weighted by Crippen LogP contribution is 2.19. The number of nitrogens with one attached hydrogen (secondary N) is 1. The van der Waals surface area contributed by atoms with Crippen LogP contribution in [0, 0.1) is 12.7 Å². The molecule has 3 rings (SSSR count). The molecule has 2 amide bonds. The molecule has 5 nitrogen and oxygen atoms in total. The number of carbonyl (C=O) groups excluding carboxylic acids is 2. The average molecular weight is 491 g/mol. The van der Waals surface area contributed by atoms with Crippen molar-refractivity contribution in [1.29, 1.82) is 0 Å².